The molecule has 0 aromatic carbocycles. The van der Waals surface area contributed by atoms with Crippen molar-refractivity contribution in [2.24, 2.45) is 0 Å². The Hall–Kier alpha value is -1.14. The molecule has 1 aliphatic rings. The summed E-state index contributed by atoms with van der Waals surface area (Å²) in [7, 11) is -4.51. The van der Waals surface area contributed by atoms with E-state index in [9.17, 15) is 23.7 Å². The molecule has 0 saturated carbocycles. The van der Waals surface area contributed by atoms with Gasteiger partial charge in [0.25, 0.3) is 7.82 Å². The number of rotatable bonds is 10. The Balaban J connectivity index is 1.83. The Labute approximate surface area is 167 Å². The van der Waals surface area contributed by atoms with Gasteiger partial charge in [0.1, 0.15) is 25.2 Å². The van der Waals surface area contributed by atoms with Gasteiger partial charge in [0.15, 0.2) is 0 Å². The van der Waals surface area contributed by atoms with Gasteiger partial charge in [-0.1, -0.05) is 0 Å². The number of hydrogen-bond acceptors (Lipinski definition) is 10. The number of anilines is 1. The Kier molecular flexibility index (Phi) is 7.77. The summed E-state index contributed by atoms with van der Waals surface area (Å²) in [6, 6.07) is 1.44. The van der Waals surface area contributed by atoms with Crippen LogP contribution in [0.25, 0.3) is 0 Å². The van der Waals surface area contributed by atoms with Crippen LogP contribution < -0.4 is 16.3 Å². The molecule has 13 nitrogen and oxygen atoms in total. The minimum absolute atomic E-state index is 0.0770. The van der Waals surface area contributed by atoms with Crippen LogP contribution in [-0.2, 0) is 27.2 Å². The lowest BCUT2D eigenvalue weighted by molar-refractivity contribution is -0.870. The molecule has 0 radical (unpaired) electrons. The van der Waals surface area contributed by atoms with Crippen molar-refractivity contribution in [2.75, 3.05) is 46.6 Å². The predicted octanol–water partition coefficient (Wildman–Crippen LogP) is -0.172. The topological polar surface area (TPSA) is 175 Å². The molecule has 29 heavy (non-hydrogen) atoms. The maximum atomic E-state index is 11.9. The third-order valence-electron chi connectivity index (χ3n) is 3.89. The van der Waals surface area contributed by atoms with Crippen LogP contribution in [0.5, 0.6) is 0 Å². The number of nitrogens with two attached hydrogens (primary N) is 1. The second-order valence-electron chi connectivity index (χ2n) is 7.47. The van der Waals surface area contributed by atoms with Crippen LogP contribution in [0.15, 0.2) is 17.1 Å². The Morgan fingerprint density at radius 1 is 1.38 bits per heavy atom. The molecule has 0 bridgehead atoms. The lowest BCUT2D eigenvalue weighted by atomic mass is 10.2. The third-order valence-corrected chi connectivity index (χ3v) is 6.48. The van der Waals surface area contributed by atoms with Crippen molar-refractivity contribution in [3.8, 4) is 0 Å². The molecule has 1 aliphatic heterocycles. The summed E-state index contributed by atoms with van der Waals surface area (Å²) in [6.07, 6.45) is 0.951. The van der Waals surface area contributed by atoms with E-state index in [0.717, 1.165) is 0 Å². The first-order valence-electron chi connectivity index (χ1n) is 8.71. The van der Waals surface area contributed by atoms with Gasteiger partial charge in [0, 0.05) is 6.20 Å². The van der Waals surface area contributed by atoms with E-state index in [2.05, 4.69) is 13.8 Å². The quantitative estimate of drug-likeness (QED) is 0.353. The van der Waals surface area contributed by atoms with Gasteiger partial charge in [-0.25, -0.2) is 13.7 Å². The second kappa shape index (κ2) is 9.34. The number of likely N-dealkylation sites (N-methyl/N-ethyl adjacent to an activating group) is 1. The van der Waals surface area contributed by atoms with E-state index in [4.69, 9.17) is 15.0 Å². The van der Waals surface area contributed by atoms with Gasteiger partial charge >= 0.3 is 13.5 Å². The van der Waals surface area contributed by atoms with Gasteiger partial charge < -0.3 is 29.3 Å². The zero-order valence-corrected chi connectivity index (χ0v) is 18.2. The molecule has 1 aromatic rings. The highest BCUT2D eigenvalue weighted by molar-refractivity contribution is 7.60. The lowest BCUT2D eigenvalue weighted by Crippen LogP contribution is -2.37. The van der Waals surface area contributed by atoms with E-state index < -0.39 is 40.3 Å². The van der Waals surface area contributed by atoms with Crippen LogP contribution in [-0.4, -0.2) is 65.9 Å². The summed E-state index contributed by atoms with van der Waals surface area (Å²) in [5.74, 6) is 0.0770. The standard InChI is InChI=1S/C14H26N4O9P2/c1-18(2,3)8-9-24-28(20,21)27-29(22,23)25-10-11-4-5-13(26-11)17-7-6-12(15)16-14(17)19/h6-7,11,13H,4-5,8-10H2,1-3H3,(H3-,15,16,19,20,21,22,23)/t11-,13+/m0/s1. The molecule has 2 rings (SSSR count). The van der Waals surface area contributed by atoms with Gasteiger partial charge in [-0.2, -0.15) is 4.98 Å². The van der Waals surface area contributed by atoms with E-state index in [0.29, 0.717) is 23.9 Å². The van der Waals surface area contributed by atoms with Crippen LogP contribution in [0.1, 0.15) is 19.1 Å². The van der Waals surface area contributed by atoms with Crippen LogP contribution >= 0.6 is 15.6 Å². The largest absolute Gasteiger partial charge is 0.756 e. The lowest BCUT2D eigenvalue weighted by Gasteiger charge is -2.28. The van der Waals surface area contributed by atoms with Crippen molar-refractivity contribution in [1.29, 1.82) is 0 Å². The number of hydrogen-bond donors (Lipinski definition) is 2. The molecule has 4 atom stereocenters. The minimum atomic E-state index is -5.04. The predicted molar refractivity (Wildman–Crippen MR) is 99.4 cm³/mol. The molecular formula is C14H26N4O9P2. The molecule has 0 spiro atoms. The van der Waals surface area contributed by atoms with Crippen molar-refractivity contribution in [1.82, 2.24) is 9.55 Å². The first-order valence-corrected chi connectivity index (χ1v) is 11.7. The molecular weight excluding hydrogens is 430 g/mol. The molecule has 2 heterocycles. The first-order chi connectivity index (χ1) is 13.3. The molecule has 1 fully saturated rings. The van der Waals surface area contributed by atoms with E-state index in [1.807, 2.05) is 21.1 Å². The smallest absolute Gasteiger partial charge is 0.478 e. The van der Waals surface area contributed by atoms with Gasteiger partial charge in [0.2, 0.25) is 0 Å². The Morgan fingerprint density at radius 3 is 2.69 bits per heavy atom. The average molecular weight is 456 g/mol. The normalized spacial score (nSPS) is 24.2. The fourth-order valence-corrected chi connectivity index (χ4v) is 4.48. The molecule has 3 N–H and O–H groups in total. The van der Waals surface area contributed by atoms with Crippen LogP contribution in [0, 0.1) is 0 Å². The second-order valence-corrected chi connectivity index (χ2v) is 10.5. The zero-order valence-electron chi connectivity index (χ0n) is 16.4. The van der Waals surface area contributed by atoms with Crippen LogP contribution in [0.2, 0.25) is 0 Å². The molecule has 166 valence electrons. The molecule has 2 unspecified atom stereocenters. The zero-order chi connectivity index (χ0) is 21.9. The van der Waals surface area contributed by atoms with Gasteiger partial charge in [-0.05, 0) is 18.9 Å². The van der Waals surface area contributed by atoms with Crippen LogP contribution in [0.4, 0.5) is 5.82 Å². The van der Waals surface area contributed by atoms with Crippen molar-refractivity contribution in [3.05, 3.63) is 22.7 Å². The number of phosphoric ester groups is 2. The van der Waals surface area contributed by atoms with E-state index in [-0.39, 0.29) is 12.4 Å². The van der Waals surface area contributed by atoms with Crippen molar-refractivity contribution in [2.45, 2.75) is 25.2 Å². The molecule has 15 heteroatoms. The summed E-state index contributed by atoms with van der Waals surface area (Å²) in [4.78, 5) is 36.8. The monoisotopic (exact) mass is 456 g/mol. The molecule has 0 amide bonds. The average Bonchev–Trinajstić information content (AvgIpc) is 2.99. The number of phosphoric acid groups is 2. The molecule has 0 aliphatic carbocycles. The van der Waals surface area contributed by atoms with E-state index >= 15 is 0 Å². The van der Waals surface area contributed by atoms with Crippen LogP contribution in [0.3, 0.4) is 0 Å². The van der Waals surface area contributed by atoms with Gasteiger partial charge in [-0.15, -0.1) is 0 Å². The SMILES string of the molecule is C[N+](C)(C)CCOP(=O)([O-])OP(=O)(O)OC[C@@H]1CC[C@H](n2ccc(N)nc2=O)O1. The third kappa shape index (κ3) is 8.25. The Bertz CT molecular complexity index is 856. The summed E-state index contributed by atoms with van der Waals surface area (Å²) in [5.41, 5.74) is 4.84. The van der Waals surface area contributed by atoms with Gasteiger partial charge in [-0.3, -0.25) is 13.7 Å². The van der Waals surface area contributed by atoms with Crippen molar-refractivity contribution in [3.63, 3.8) is 0 Å². The fourth-order valence-electron chi connectivity index (χ4n) is 2.44. The number of nitrogens with zero attached hydrogens (tertiary/aromatic N) is 3. The van der Waals surface area contributed by atoms with Crippen molar-refractivity contribution >= 4 is 21.5 Å². The highest BCUT2D eigenvalue weighted by Gasteiger charge is 2.33. The highest BCUT2D eigenvalue weighted by atomic mass is 31.3. The fraction of sp³-hybridized carbons (Fsp3) is 0.714. The maximum Gasteiger partial charge on any atom is 0.478 e. The van der Waals surface area contributed by atoms with E-state index in [1.165, 1.54) is 16.8 Å². The van der Waals surface area contributed by atoms with E-state index in [1.54, 1.807) is 0 Å². The highest BCUT2D eigenvalue weighted by Crippen LogP contribution is 2.58. The molecule has 1 aromatic heterocycles. The Morgan fingerprint density at radius 2 is 2.07 bits per heavy atom. The van der Waals surface area contributed by atoms with Gasteiger partial charge in [0.05, 0.1) is 33.9 Å². The first kappa shape index (κ1) is 24.1. The number of quaternary nitrogens is 1. The summed E-state index contributed by atoms with van der Waals surface area (Å²) in [5, 5.41) is 0. The minimum Gasteiger partial charge on any atom is -0.756 e. The summed E-state index contributed by atoms with van der Waals surface area (Å²) >= 11 is 0. The maximum absolute atomic E-state index is 11.9. The number of ether oxygens (including phenoxy) is 1. The summed E-state index contributed by atoms with van der Waals surface area (Å²) < 4.78 is 44.3. The summed E-state index contributed by atoms with van der Waals surface area (Å²) in [6.45, 7) is -0.300. The van der Waals surface area contributed by atoms with Crippen molar-refractivity contribution < 1.29 is 41.5 Å². The molecule has 1 saturated heterocycles. The number of aromatic nitrogens is 2. The number of nitrogen functional groups attached to an aromatic ring is 1.